The third-order valence-electron chi connectivity index (χ3n) is 5.42. The number of hydrogen-bond acceptors (Lipinski definition) is 4. The number of carbonyl (C=O) groups is 2. The molecular weight excluding hydrogens is 342 g/mol. The number of amides is 2. The summed E-state index contributed by atoms with van der Waals surface area (Å²) in [6.07, 6.45) is 2.02. The topological polar surface area (TPSA) is 57.0 Å². The third kappa shape index (κ3) is 4.22. The van der Waals surface area contributed by atoms with Gasteiger partial charge in [-0.1, -0.05) is 30.3 Å². The van der Waals surface area contributed by atoms with Crippen LogP contribution in [0, 0.1) is 5.92 Å². The first-order chi connectivity index (χ1) is 13.2. The molecule has 142 valence electrons. The van der Waals surface area contributed by atoms with Crippen LogP contribution >= 0.6 is 0 Å². The second-order valence-corrected chi connectivity index (χ2v) is 7.34. The number of nitrogens with zero attached hydrogens (tertiary/aromatic N) is 3. The van der Waals surface area contributed by atoms with Gasteiger partial charge in [-0.3, -0.25) is 14.5 Å². The molecule has 0 radical (unpaired) electrons. The lowest BCUT2D eigenvalue weighted by molar-refractivity contribution is -0.137. The smallest absolute Gasteiger partial charge is 0.228 e. The average molecular weight is 367 g/mol. The summed E-state index contributed by atoms with van der Waals surface area (Å²) in [5, 5.41) is 0. The van der Waals surface area contributed by atoms with Crippen LogP contribution in [0.4, 0.5) is 0 Å². The van der Waals surface area contributed by atoms with E-state index in [0.717, 1.165) is 31.0 Å². The summed E-state index contributed by atoms with van der Waals surface area (Å²) in [7, 11) is 0. The second kappa shape index (κ2) is 7.96. The van der Waals surface area contributed by atoms with E-state index < -0.39 is 0 Å². The summed E-state index contributed by atoms with van der Waals surface area (Å²) in [6, 6.07) is 13.8. The molecular formula is C21H25N3O3. The Bertz CT molecular complexity index is 767. The quantitative estimate of drug-likeness (QED) is 0.811. The van der Waals surface area contributed by atoms with Crippen molar-refractivity contribution in [3.63, 3.8) is 0 Å². The first kappa shape index (κ1) is 17.8. The SMILES string of the molecule is O=C1CC(C(=O)N2CCN(Cc3ccco3)CC2)CN1Cc1ccccc1. The van der Waals surface area contributed by atoms with E-state index in [1.165, 1.54) is 0 Å². The van der Waals surface area contributed by atoms with Crippen LogP contribution in [0.3, 0.4) is 0 Å². The third-order valence-corrected chi connectivity index (χ3v) is 5.42. The molecule has 0 saturated carbocycles. The van der Waals surface area contributed by atoms with Crippen molar-refractivity contribution in [3.8, 4) is 0 Å². The van der Waals surface area contributed by atoms with Crippen molar-refractivity contribution in [2.45, 2.75) is 19.5 Å². The number of furan rings is 1. The zero-order chi connectivity index (χ0) is 18.6. The predicted octanol–water partition coefficient (Wildman–Crippen LogP) is 1.97. The van der Waals surface area contributed by atoms with Crippen molar-refractivity contribution in [3.05, 3.63) is 60.1 Å². The fourth-order valence-electron chi connectivity index (χ4n) is 3.90. The molecule has 0 spiro atoms. The standard InChI is InChI=1S/C21H25N3O3/c25-20-13-18(15-24(20)14-17-5-2-1-3-6-17)21(26)23-10-8-22(9-11-23)16-19-7-4-12-27-19/h1-7,12,18H,8-11,13-16H2. The highest BCUT2D eigenvalue weighted by Gasteiger charge is 2.37. The number of likely N-dealkylation sites (tertiary alicyclic amines) is 1. The van der Waals surface area contributed by atoms with Crippen molar-refractivity contribution >= 4 is 11.8 Å². The molecule has 1 aromatic heterocycles. The van der Waals surface area contributed by atoms with Crippen LogP contribution in [0.15, 0.2) is 53.1 Å². The maximum absolute atomic E-state index is 12.9. The molecule has 2 amide bonds. The molecule has 0 N–H and O–H groups in total. The summed E-state index contributed by atoms with van der Waals surface area (Å²) < 4.78 is 5.40. The fourth-order valence-corrected chi connectivity index (χ4v) is 3.90. The molecule has 2 aliphatic heterocycles. The molecule has 0 bridgehead atoms. The Kier molecular flexibility index (Phi) is 5.25. The lowest BCUT2D eigenvalue weighted by Crippen LogP contribution is -2.50. The van der Waals surface area contributed by atoms with Crippen LogP contribution in [0.25, 0.3) is 0 Å². The maximum atomic E-state index is 12.9. The van der Waals surface area contributed by atoms with E-state index in [2.05, 4.69) is 4.90 Å². The molecule has 6 nitrogen and oxygen atoms in total. The number of benzene rings is 1. The Morgan fingerprint density at radius 2 is 1.78 bits per heavy atom. The molecule has 6 heteroatoms. The number of piperazine rings is 1. The van der Waals surface area contributed by atoms with Crippen molar-refractivity contribution in [2.24, 2.45) is 5.92 Å². The van der Waals surface area contributed by atoms with Crippen molar-refractivity contribution in [2.75, 3.05) is 32.7 Å². The molecule has 2 aromatic rings. The molecule has 1 unspecified atom stereocenters. The first-order valence-electron chi connectivity index (χ1n) is 9.54. The lowest BCUT2D eigenvalue weighted by atomic mass is 10.1. The molecule has 0 aliphatic carbocycles. The monoisotopic (exact) mass is 367 g/mol. The van der Waals surface area contributed by atoms with Crippen LogP contribution in [-0.4, -0.2) is 59.2 Å². The fraction of sp³-hybridized carbons (Fsp3) is 0.429. The van der Waals surface area contributed by atoms with Crippen molar-refractivity contribution < 1.29 is 14.0 Å². The predicted molar refractivity (Wildman–Crippen MR) is 101 cm³/mol. The number of hydrogen-bond donors (Lipinski definition) is 0. The van der Waals surface area contributed by atoms with Crippen LogP contribution in [0.5, 0.6) is 0 Å². The van der Waals surface area contributed by atoms with Gasteiger partial charge in [0.05, 0.1) is 18.7 Å². The molecule has 2 fully saturated rings. The summed E-state index contributed by atoms with van der Waals surface area (Å²) in [4.78, 5) is 31.2. The Morgan fingerprint density at radius 1 is 1.00 bits per heavy atom. The largest absolute Gasteiger partial charge is 0.468 e. The molecule has 4 rings (SSSR count). The Labute approximate surface area is 159 Å². The Hall–Kier alpha value is -2.60. The summed E-state index contributed by atoms with van der Waals surface area (Å²) in [5.41, 5.74) is 1.10. The minimum Gasteiger partial charge on any atom is -0.468 e. The highest BCUT2D eigenvalue weighted by Crippen LogP contribution is 2.23. The molecule has 2 saturated heterocycles. The van der Waals surface area contributed by atoms with E-state index in [1.54, 1.807) is 6.26 Å². The van der Waals surface area contributed by atoms with Gasteiger partial charge < -0.3 is 14.2 Å². The summed E-state index contributed by atoms with van der Waals surface area (Å²) >= 11 is 0. The number of carbonyl (C=O) groups excluding carboxylic acids is 2. The normalized spacial score (nSPS) is 21.0. The van der Waals surface area contributed by atoms with E-state index in [4.69, 9.17) is 4.42 Å². The van der Waals surface area contributed by atoms with E-state index in [-0.39, 0.29) is 17.7 Å². The first-order valence-corrected chi connectivity index (χ1v) is 9.54. The van der Waals surface area contributed by atoms with Gasteiger partial charge in [0.15, 0.2) is 0 Å². The van der Waals surface area contributed by atoms with E-state index in [9.17, 15) is 9.59 Å². The van der Waals surface area contributed by atoms with Gasteiger partial charge in [-0.15, -0.1) is 0 Å². The zero-order valence-corrected chi connectivity index (χ0v) is 15.4. The molecule has 1 aromatic carbocycles. The maximum Gasteiger partial charge on any atom is 0.228 e. The summed E-state index contributed by atoms with van der Waals surface area (Å²) in [6.45, 7) is 4.98. The van der Waals surface area contributed by atoms with Crippen LogP contribution in [0.2, 0.25) is 0 Å². The van der Waals surface area contributed by atoms with Crippen molar-refractivity contribution in [1.82, 2.24) is 14.7 Å². The van der Waals surface area contributed by atoms with Gasteiger partial charge in [0.1, 0.15) is 5.76 Å². The van der Waals surface area contributed by atoms with Gasteiger partial charge in [-0.05, 0) is 17.7 Å². The van der Waals surface area contributed by atoms with Gasteiger partial charge >= 0.3 is 0 Å². The Balaban J connectivity index is 1.28. The highest BCUT2D eigenvalue weighted by atomic mass is 16.3. The molecule has 3 heterocycles. The van der Waals surface area contributed by atoms with E-state index in [0.29, 0.717) is 32.6 Å². The van der Waals surface area contributed by atoms with Gasteiger partial charge in [0.25, 0.3) is 0 Å². The van der Waals surface area contributed by atoms with Gasteiger partial charge in [-0.2, -0.15) is 0 Å². The minimum atomic E-state index is -0.210. The van der Waals surface area contributed by atoms with E-state index in [1.807, 2.05) is 52.3 Å². The lowest BCUT2D eigenvalue weighted by Gasteiger charge is -2.35. The molecule has 1 atom stereocenters. The average Bonchev–Trinajstić information content (AvgIpc) is 3.33. The Morgan fingerprint density at radius 3 is 2.48 bits per heavy atom. The van der Waals surface area contributed by atoms with Gasteiger partial charge in [-0.25, -0.2) is 0 Å². The van der Waals surface area contributed by atoms with Crippen LogP contribution in [0.1, 0.15) is 17.7 Å². The molecule has 2 aliphatic rings. The van der Waals surface area contributed by atoms with Crippen LogP contribution in [-0.2, 0) is 22.7 Å². The van der Waals surface area contributed by atoms with E-state index >= 15 is 0 Å². The van der Waals surface area contributed by atoms with Crippen molar-refractivity contribution in [1.29, 1.82) is 0 Å². The van der Waals surface area contributed by atoms with Crippen LogP contribution < -0.4 is 0 Å². The molecule has 27 heavy (non-hydrogen) atoms. The highest BCUT2D eigenvalue weighted by molar-refractivity contribution is 5.89. The van der Waals surface area contributed by atoms with Gasteiger partial charge in [0.2, 0.25) is 11.8 Å². The summed E-state index contributed by atoms with van der Waals surface area (Å²) in [5.74, 6) is 0.941. The number of rotatable bonds is 5. The minimum absolute atomic E-state index is 0.0775. The zero-order valence-electron chi connectivity index (χ0n) is 15.4. The van der Waals surface area contributed by atoms with Gasteiger partial charge in [0, 0.05) is 45.7 Å². The second-order valence-electron chi connectivity index (χ2n) is 7.34.